The van der Waals surface area contributed by atoms with Crippen molar-refractivity contribution in [1.82, 2.24) is 35.7 Å². The molecule has 2 aromatic rings. The lowest BCUT2D eigenvalue weighted by Gasteiger charge is -2.12. The van der Waals surface area contributed by atoms with Crippen LogP contribution in [0, 0.1) is 6.92 Å². The summed E-state index contributed by atoms with van der Waals surface area (Å²) in [6, 6.07) is 0. The fourth-order valence-corrected chi connectivity index (χ4v) is 3.03. The van der Waals surface area contributed by atoms with E-state index in [9.17, 15) is 4.79 Å². The first-order chi connectivity index (χ1) is 12.7. The van der Waals surface area contributed by atoms with E-state index in [0.29, 0.717) is 24.5 Å². The molecule has 11 heteroatoms. The van der Waals surface area contributed by atoms with E-state index in [0.717, 1.165) is 37.0 Å². The summed E-state index contributed by atoms with van der Waals surface area (Å²) in [5, 5.41) is 17.3. The fourth-order valence-electron chi connectivity index (χ4n) is 2.31. The van der Waals surface area contributed by atoms with E-state index in [1.807, 2.05) is 18.4 Å². The molecular formula is C16H27IN8OS. The lowest BCUT2D eigenvalue weighted by Crippen LogP contribution is -2.39. The largest absolute Gasteiger partial charge is 0.357 e. The maximum atomic E-state index is 12.0. The molecule has 0 spiro atoms. The van der Waals surface area contributed by atoms with E-state index in [1.165, 1.54) is 11.3 Å². The van der Waals surface area contributed by atoms with Gasteiger partial charge < -0.3 is 20.5 Å². The highest BCUT2D eigenvalue weighted by atomic mass is 127. The molecule has 2 rings (SSSR count). The van der Waals surface area contributed by atoms with Gasteiger partial charge in [0.25, 0.3) is 5.91 Å². The van der Waals surface area contributed by atoms with Crippen LogP contribution >= 0.6 is 35.3 Å². The van der Waals surface area contributed by atoms with Crippen LogP contribution in [0.5, 0.6) is 0 Å². The Labute approximate surface area is 180 Å². The second-order valence-electron chi connectivity index (χ2n) is 5.50. The van der Waals surface area contributed by atoms with Gasteiger partial charge in [-0.3, -0.25) is 9.79 Å². The van der Waals surface area contributed by atoms with Crippen LogP contribution in [0.1, 0.15) is 35.0 Å². The Morgan fingerprint density at radius 3 is 2.74 bits per heavy atom. The van der Waals surface area contributed by atoms with E-state index in [4.69, 9.17) is 0 Å². The normalized spacial score (nSPS) is 11.0. The maximum absolute atomic E-state index is 12.0. The van der Waals surface area contributed by atoms with E-state index in [1.54, 1.807) is 11.8 Å². The maximum Gasteiger partial charge on any atom is 0.263 e. The summed E-state index contributed by atoms with van der Waals surface area (Å²) in [6.45, 7) is 9.11. The highest BCUT2D eigenvalue weighted by Gasteiger charge is 2.10. The predicted octanol–water partition coefficient (Wildman–Crippen LogP) is 1.21. The molecule has 0 fully saturated rings. The van der Waals surface area contributed by atoms with Crippen LogP contribution in [0.15, 0.2) is 16.8 Å². The number of carbonyl (C=O) groups excluding carboxylic acids is 1. The molecule has 0 aromatic carbocycles. The van der Waals surface area contributed by atoms with Crippen molar-refractivity contribution in [3.05, 3.63) is 28.2 Å². The molecule has 2 aromatic heterocycles. The van der Waals surface area contributed by atoms with E-state index in [2.05, 4.69) is 43.0 Å². The molecule has 0 unspecified atom stereocenters. The van der Waals surface area contributed by atoms with Gasteiger partial charge in [-0.2, -0.15) is 0 Å². The smallest absolute Gasteiger partial charge is 0.263 e. The van der Waals surface area contributed by atoms with Gasteiger partial charge in [-0.05, 0) is 13.8 Å². The van der Waals surface area contributed by atoms with Crippen molar-refractivity contribution in [1.29, 1.82) is 0 Å². The van der Waals surface area contributed by atoms with E-state index < -0.39 is 0 Å². The number of guanidine groups is 1. The van der Waals surface area contributed by atoms with Gasteiger partial charge in [0.15, 0.2) is 5.96 Å². The molecule has 150 valence electrons. The van der Waals surface area contributed by atoms with Crippen LogP contribution in [0.2, 0.25) is 0 Å². The Morgan fingerprint density at radius 1 is 1.26 bits per heavy atom. The molecule has 1 amide bonds. The lowest BCUT2D eigenvalue weighted by atomic mass is 10.4. The molecule has 0 radical (unpaired) electrons. The van der Waals surface area contributed by atoms with Gasteiger partial charge in [-0.1, -0.05) is 6.92 Å². The molecule has 0 aliphatic rings. The minimum atomic E-state index is -0.0992. The molecule has 0 saturated carbocycles. The highest BCUT2D eigenvalue weighted by Crippen LogP contribution is 2.11. The summed E-state index contributed by atoms with van der Waals surface area (Å²) in [5.41, 5.74) is 2.43. The molecule has 9 nitrogen and oxygen atoms in total. The second-order valence-corrected chi connectivity index (χ2v) is 6.36. The van der Waals surface area contributed by atoms with Crippen molar-refractivity contribution in [3.63, 3.8) is 0 Å². The number of halogens is 1. The third kappa shape index (κ3) is 7.40. The number of hydrogen-bond acceptors (Lipinski definition) is 6. The van der Waals surface area contributed by atoms with Gasteiger partial charge in [0, 0.05) is 32.6 Å². The number of aryl methyl sites for hydroxylation is 2. The van der Waals surface area contributed by atoms with Gasteiger partial charge in [-0.15, -0.1) is 45.5 Å². The van der Waals surface area contributed by atoms with Crippen molar-refractivity contribution < 1.29 is 4.79 Å². The summed E-state index contributed by atoms with van der Waals surface area (Å²) < 4.78 is 2.02. The van der Waals surface area contributed by atoms with Gasteiger partial charge >= 0.3 is 0 Å². The first kappa shape index (κ1) is 23.3. The third-order valence-corrected chi connectivity index (χ3v) is 4.55. The second kappa shape index (κ2) is 12.6. The van der Waals surface area contributed by atoms with Crippen LogP contribution in [0.25, 0.3) is 0 Å². The molecule has 0 aliphatic carbocycles. The number of hydrogen-bond donors (Lipinski definition) is 3. The molecule has 3 N–H and O–H groups in total. The number of rotatable bonds is 9. The predicted molar refractivity (Wildman–Crippen MR) is 118 cm³/mol. The van der Waals surface area contributed by atoms with Crippen LogP contribution in [-0.4, -0.2) is 57.8 Å². The van der Waals surface area contributed by atoms with E-state index >= 15 is 0 Å². The molecule has 0 saturated heterocycles. The SMILES string of the molecule is CCNC(=NCCNC(=O)c1scnc1C)NCCn1cnnc1CC.I. The van der Waals surface area contributed by atoms with E-state index in [-0.39, 0.29) is 29.9 Å². The summed E-state index contributed by atoms with van der Waals surface area (Å²) in [7, 11) is 0. The van der Waals surface area contributed by atoms with Crippen LogP contribution in [0.4, 0.5) is 0 Å². The highest BCUT2D eigenvalue weighted by molar-refractivity contribution is 14.0. The first-order valence-electron chi connectivity index (χ1n) is 8.72. The zero-order chi connectivity index (χ0) is 18.8. The van der Waals surface area contributed by atoms with Crippen LogP contribution in [0.3, 0.4) is 0 Å². The average Bonchev–Trinajstić information content (AvgIpc) is 3.26. The fraction of sp³-hybridized carbons (Fsp3) is 0.562. The van der Waals surface area contributed by atoms with Gasteiger partial charge in [-0.25, -0.2) is 4.98 Å². The monoisotopic (exact) mass is 506 g/mol. The Kier molecular flexibility index (Phi) is 10.9. The number of nitrogens with zero attached hydrogens (tertiary/aromatic N) is 5. The topological polar surface area (TPSA) is 109 Å². The van der Waals surface area contributed by atoms with Gasteiger partial charge in [0.2, 0.25) is 0 Å². The zero-order valence-corrected chi connectivity index (χ0v) is 19.0. The Morgan fingerprint density at radius 2 is 2.07 bits per heavy atom. The minimum absolute atomic E-state index is 0. The van der Waals surface area contributed by atoms with Crippen molar-refractivity contribution in [3.8, 4) is 0 Å². The van der Waals surface area contributed by atoms with Crippen LogP contribution < -0.4 is 16.0 Å². The average molecular weight is 506 g/mol. The van der Waals surface area contributed by atoms with Crippen molar-refractivity contribution in [2.75, 3.05) is 26.2 Å². The number of carbonyl (C=O) groups is 1. The standard InChI is InChI=1S/C16H26N8OS.HI/c1-4-13-23-22-10-24(13)9-8-20-16(17-5-2)19-7-6-18-15(25)14-12(3)21-11-26-14;/h10-11H,4-9H2,1-3H3,(H,18,25)(H2,17,19,20);1H. The molecule has 2 heterocycles. The number of aromatic nitrogens is 4. The molecular weight excluding hydrogens is 479 g/mol. The van der Waals surface area contributed by atoms with Crippen molar-refractivity contribution in [2.24, 2.45) is 4.99 Å². The van der Waals surface area contributed by atoms with Crippen LogP contribution in [-0.2, 0) is 13.0 Å². The summed E-state index contributed by atoms with van der Waals surface area (Å²) in [5.74, 6) is 1.59. The van der Waals surface area contributed by atoms with Gasteiger partial charge in [0.1, 0.15) is 17.0 Å². The summed E-state index contributed by atoms with van der Waals surface area (Å²) >= 11 is 1.35. The summed E-state index contributed by atoms with van der Waals surface area (Å²) in [6.07, 6.45) is 2.59. The zero-order valence-electron chi connectivity index (χ0n) is 15.9. The number of nitrogens with one attached hydrogen (secondary N) is 3. The Hall–Kier alpha value is -1.76. The third-order valence-electron chi connectivity index (χ3n) is 3.62. The summed E-state index contributed by atoms with van der Waals surface area (Å²) in [4.78, 5) is 21.2. The lowest BCUT2D eigenvalue weighted by molar-refractivity contribution is 0.0958. The molecule has 27 heavy (non-hydrogen) atoms. The Bertz CT molecular complexity index is 730. The first-order valence-corrected chi connectivity index (χ1v) is 9.60. The van der Waals surface area contributed by atoms with Gasteiger partial charge in [0.05, 0.1) is 17.7 Å². The quantitative estimate of drug-likeness (QED) is 0.204. The molecule has 0 aliphatic heterocycles. The Balaban J connectivity index is 0.00000364. The molecule has 0 bridgehead atoms. The number of aliphatic imine (C=N–C) groups is 1. The number of amides is 1. The molecule has 0 atom stereocenters. The van der Waals surface area contributed by atoms with Crippen molar-refractivity contribution >= 4 is 47.2 Å². The number of thiazole rings is 1. The van der Waals surface area contributed by atoms with Crippen molar-refractivity contribution in [2.45, 2.75) is 33.7 Å². The minimum Gasteiger partial charge on any atom is -0.357 e.